The molecule has 0 unspecified atom stereocenters. The van der Waals surface area contributed by atoms with Crippen LogP contribution < -0.4 is 15.6 Å². The Bertz CT molecular complexity index is 1150. The number of carbonyl (C=O) groups excluding carboxylic acids is 2. The van der Waals surface area contributed by atoms with E-state index in [4.69, 9.17) is 0 Å². The average Bonchev–Trinajstić information content (AvgIpc) is 2.87. The van der Waals surface area contributed by atoms with E-state index in [1.165, 1.54) is 0 Å². The molecular weight excluding hydrogens is 492 g/mol. The van der Waals surface area contributed by atoms with Crippen molar-refractivity contribution in [3.63, 3.8) is 0 Å². The largest absolute Gasteiger partial charge is 0.372 e. The van der Waals surface area contributed by atoms with Gasteiger partial charge in [0.25, 0.3) is 11.8 Å². The molecule has 0 saturated heterocycles. The Morgan fingerprint density at radius 2 is 1.50 bits per heavy atom. The molecule has 3 aromatic rings. The molecule has 6 nitrogen and oxygen atoms in total. The van der Waals surface area contributed by atoms with Gasteiger partial charge in [0.2, 0.25) is 0 Å². The summed E-state index contributed by atoms with van der Waals surface area (Å²) < 4.78 is 0.953. The van der Waals surface area contributed by atoms with Gasteiger partial charge in [0.15, 0.2) is 0 Å². The van der Waals surface area contributed by atoms with Crippen molar-refractivity contribution < 1.29 is 9.59 Å². The van der Waals surface area contributed by atoms with Crippen LogP contribution in [0.4, 0.5) is 5.69 Å². The molecule has 0 aliphatic rings. The summed E-state index contributed by atoms with van der Waals surface area (Å²) in [7, 11) is 0. The first-order valence-corrected chi connectivity index (χ1v) is 11.8. The van der Waals surface area contributed by atoms with E-state index in [2.05, 4.69) is 50.5 Å². The number of benzene rings is 3. The van der Waals surface area contributed by atoms with E-state index in [9.17, 15) is 9.59 Å². The lowest BCUT2D eigenvalue weighted by Crippen LogP contribution is -2.32. The van der Waals surface area contributed by atoms with E-state index in [0.29, 0.717) is 5.56 Å². The number of hydrazone groups is 1. The fourth-order valence-electron chi connectivity index (χ4n) is 3.25. The van der Waals surface area contributed by atoms with E-state index in [0.717, 1.165) is 34.4 Å². The maximum absolute atomic E-state index is 12.9. The fourth-order valence-corrected chi connectivity index (χ4v) is 3.52. The summed E-state index contributed by atoms with van der Waals surface area (Å²) in [5.41, 5.74) is 5.76. The number of anilines is 1. The molecule has 0 heterocycles. The SMILES string of the molecule is CCN(CC)c1ccc(/C=C(/NC(=O)c2ccccc2)C(=O)N/N=C\c2ccc(Br)cc2)cc1. The highest BCUT2D eigenvalue weighted by Crippen LogP contribution is 2.17. The van der Waals surface area contributed by atoms with Crippen molar-refractivity contribution in [2.75, 3.05) is 18.0 Å². The summed E-state index contributed by atoms with van der Waals surface area (Å²) in [5, 5.41) is 6.75. The normalized spacial score (nSPS) is 11.3. The Labute approximate surface area is 208 Å². The van der Waals surface area contributed by atoms with Crippen molar-refractivity contribution in [1.29, 1.82) is 0 Å². The van der Waals surface area contributed by atoms with Crippen LogP contribution in [0.15, 0.2) is 94.1 Å². The van der Waals surface area contributed by atoms with Gasteiger partial charge in [0, 0.05) is 28.8 Å². The highest BCUT2D eigenvalue weighted by atomic mass is 79.9. The average molecular weight is 519 g/mol. The second-order valence-electron chi connectivity index (χ2n) is 7.39. The molecule has 0 fully saturated rings. The van der Waals surface area contributed by atoms with E-state index in [-0.39, 0.29) is 11.6 Å². The summed E-state index contributed by atoms with van der Waals surface area (Å²) in [5.74, 6) is -0.899. The molecule has 0 aliphatic carbocycles. The first-order valence-electron chi connectivity index (χ1n) is 11.0. The second kappa shape index (κ2) is 12.5. The lowest BCUT2D eigenvalue weighted by Gasteiger charge is -2.20. The maximum atomic E-state index is 12.9. The van der Waals surface area contributed by atoms with Gasteiger partial charge in [-0.2, -0.15) is 5.10 Å². The second-order valence-corrected chi connectivity index (χ2v) is 8.31. The third-order valence-electron chi connectivity index (χ3n) is 5.11. The molecule has 174 valence electrons. The molecule has 0 bridgehead atoms. The Morgan fingerprint density at radius 3 is 2.12 bits per heavy atom. The van der Waals surface area contributed by atoms with Crippen molar-refractivity contribution in [3.8, 4) is 0 Å². The third-order valence-corrected chi connectivity index (χ3v) is 5.64. The van der Waals surface area contributed by atoms with Crippen LogP contribution >= 0.6 is 15.9 Å². The highest BCUT2D eigenvalue weighted by Gasteiger charge is 2.14. The van der Waals surface area contributed by atoms with Gasteiger partial charge in [-0.25, -0.2) is 5.43 Å². The zero-order chi connectivity index (χ0) is 24.3. The number of rotatable bonds is 9. The Kier molecular flexibility index (Phi) is 9.17. The van der Waals surface area contributed by atoms with Crippen molar-refractivity contribution in [3.05, 3.63) is 106 Å². The molecule has 7 heteroatoms. The number of carbonyl (C=O) groups is 2. The molecule has 0 aliphatic heterocycles. The molecule has 2 N–H and O–H groups in total. The van der Waals surface area contributed by atoms with Crippen molar-refractivity contribution in [2.24, 2.45) is 5.10 Å². The number of nitrogens with one attached hydrogen (secondary N) is 2. The molecule has 0 atom stereocenters. The van der Waals surface area contributed by atoms with Crippen LogP contribution in [-0.2, 0) is 4.79 Å². The van der Waals surface area contributed by atoms with Gasteiger partial charge < -0.3 is 10.2 Å². The van der Waals surface area contributed by atoms with Gasteiger partial charge in [0.05, 0.1) is 6.21 Å². The maximum Gasteiger partial charge on any atom is 0.287 e. The van der Waals surface area contributed by atoms with Crippen molar-refractivity contribution in [1.82, 2.24) is 10.7 Å². The molecule has 3 aromatic carbocycles. The molecule has 3 rings (SSSR count). The topological polar surface area (TPSA) is 73.8 Å². The van der Waals surface area contributed by atoms with Crippen LogP contribution in [-0.4, -0.2) is 31.1 Å². The summed E-state index contributed by atoms with van der Waals surface area (Å²) >= 11 is 3.39. The summed E-state index contributed by atoms with van der Waals surface area (Å²) in [6, 6.07) is 24.1. The van der Waals surface area contributed by atoms with Gasteiger partial charge in [-0.05, 0) is 67.4 Å². The van der Waals surface area contributed by atoms with Crippen LogP contribution in [0.2, 0.25) is 0 Å². The number of hydrogen-bond acceptors (Lipinski definition) is 4. The van der Waals surface area contributed by atoms with Crippen LogP contribution in [0, 0.1) is 0 Å². The molecular formula is C27H27BrN4O2. The molecule has 0 spiro atoms. The van der Waals surface area contributed by atoms with E-state index in [1.807, 2.05) is 54.6 Å². The lowest BCUT2D eigenvalue weighted by molar-refractivity contribution is -0.117. The zero-order valence-corrected chi connectivity index (χ0v) is 20.7. The minimum Gasteiger partial charge on any atom is -0.372 e. The minimum atomic E-state index is -0.523. The van der Waals surface area contributed by atoms with Gasteiger partial charge >= 0.3 is 0 Å². The molecule has 34 heavy (non-hydrogen) atoms. The monoisotopic (exact) mass is 518 g/mol. The van der Waals surface area contributed by atoms with E-state index < -0.39 is 5.91 Å². The van der Waals surface area contributed by atoms with Crippen LogP contribution in [0.25, 0.3) is 6.08 Å². The predicted octanol–water partition coefficient (Wildman–Crippen LogP) is 5.22. The number of hydrogen-bond donors (Lipinski definition) is 2. The molecule has 0 saturated carbocycles. The highest BCUT2D eigenvalue weighted by molar-refractivity contribution is 9.10. The standard InChI is InChI=1S/C27H27BrN4O2/c1-3-32(4-2)24-16-12-20(13-17-24)18-25(30-26(33)22-8-6-5-7-9-22)27(34)31-29-19-21-10-14-23(28)15-11-21/h5-19H,3-4H2,1-2H3,(H,30,33)(H,31,34)/b25-18+,29-19-. The van der Waals surface area contributed by atoms with Gasteiger partial charge in [-0.1, -0.05) is 58.4 Å². The quantitative estimate of drug-likeness (QED) is 0.232. The van der Waals surface area contributed by atoms with Gasteiger partial charge in [0.1, 0.15) is 5.70 Å². The Balaban J connectivity index is 1.81. The fraction of sp³-hybridized carbons (Fsp3) is 0.148. The van der Waals surface area contributed by atoms with Crippen LogP contribution in [0.1, 0.15) is 35.3 Å². The molecule has 2 amide bonds. The third kappa shape index (κ3) is 7.15. The van der Waals surface area contributed by atoms with Gasteiger partial charge in [-0.15, -0.1) is 0 Å². The van der Waals surface area contributed by atoms with E-state index >= 15 is 0 Å². The predicted molar refractivity (Wildman–Crippen MR) is 142 cm³/mol. The van der Waals surface area contributed by atoms with Crippen molar-refractivity contribution >= 4 is 45.7 Å². The number of nitrogens with zero attached hydrogens (tertiary/aromatic N) is 2. The minimum absolute atomic E-state index is 0.0948. The smallest absolute Gasteiger partial charge is 0.287 e. The van der Waals surface area contributed by atoms with Crippen molar-refractivity contribution in [2.45, 2.75) is 13.8 Å². The van der Waals surface area contributed by atoms with E-state index in [1.54, 1.807) is 36.6 Å². The first kappa shape index (κ1) is 24.9. The summed E-state index contributed by atoms with van der Waals surface area (Å²) in [6.07, 6.45) is 3.18. The Hall–Kier alpha value is -3.71. The number of amides is 2. The Morgan fingerprint density at radius 1 is 0.882 bits per heavy atom. The first-order chi connectivity index (χ1) is 16.5. The van der Waals surface area contributed by atoms with Gasteiger partial charge in [-0.3, -0.25) is 9.59 Å². The van der Waals surface area contributed by atoms with Crippen LogP contribution in [0.3, 0.4) is 0 Å². The summed E-state index contributed by atoms with van der Waals surface area (Å²) in [6.45, 7) is 6.02. The molecule has 0 radical (unpaired) electrons. The molecule has 0 aromatic heterocycles. The van der Waals surface area contributed by atoms with Crippen LogP contribution in [0.5, 0.6) is 0 Å². The summed E-state index contributed by atoms with van der Waals surface area (Å²) in [4.78, 5) is 27.9. The number of halogens is 1. The lowest BCUT2D eigenvalue weighted by atomic mass is 10.1. The zero-order valence-electron chi connectivity index (χ0n) is 19.2.